The number of carboxylic acid groups (broad SMARTS) is 1. The average molecular weight is 404 g/mol. The molecule has 3 aromatic rings. The molecule has 1 saturated carbocycles. The summed E-state index contributed by atoms with van der Waals surface area (Å²) in [6.07, 6.45) is 5.16. The zero-order valence-corrected chi connectivity index (χ0v) is 16.1. The topological polar surface area (TPSA) is 51.5 Å². The number of aromatic nitrogens is 1. The van der Waals surface area contributed by atoms with E-state index in [1.807, 2.05) is 30.3 Å². The van der Waals surface area contributed by atoms with Crippen molar-refractivity contribution in [3.8, 4) is 11.4 Å². The number of rotatable bonds is 4. The van der Waals surface area contributed by atoms with Crippen LogP contribution < -0.4 is 4.74 Å². The van der Waals surface area contributed by atoms with Crippen LogP contribution in [0, 0.1) is 0 Å². The lowest BCUT2D eigenvalue weighted by atomic mass is 9.98. The summed E-state index contributed by atoms with van der Waals surface area (Å²) in [6, 6.07) is 12.8. The minimum atomic E-state index is -1.06. The van der Waals surface area contributed by atoms with Gasteiger partial charge in [0.1, 0.15) is 0 Å². The lowest BCUT2D eigenvalue weighted by molar-refractivity contribution is 0.0677. The van der Waals surface area contributed by atoms with Crippen molar-refractivity contribution >= 4 is 40.1 Å². The molecule has 1 fully saturated rings. The Kier molecular flexibility index (Phi) is 5.02. The number of hydrogen-bond acceptors (Lipinski definition) is 2. The van der Waals surface area contributed by atoms with Gasteiger partial charge in [0.25, 0.3) is 0 Å². The molecule has 1 N–H and O–H groups in total. The lowest BCUT2D eigenvalue weighted by Crippen LogP contribution is -2.21. The van der Waals surface area contributed by atoms with E-state index in [1.165, 1.54) is 6.42 Å². The van der Waals surface area contributed by atoms with Crippen molar-refractivity contribution in [2.45, 2.75) is 38.2 Å². The van der Waals surface area contributed by atoms with E-state index in [-0.39, 0.29) is 11.8 Å². The summed E-state index contributed by atoms with van der Waals surface area (Å²) in [5.41, 5.74) is 1.47. The third-order valence-corrected chi connectivity index (χ3v) is 5.84. The first kappa shape index (κ1) is 18.2. The molecule has 0 bridgehead atoms. The smallest absolute Gasteiger partial charge is 0.356 e. The van der Waals surface area contributed by atoms with Crippen molar-refractivity contribution in [1.82, 2.24) is 4.57 Å². The molecule has 1 aliphatic rings. The SMILES string of the molecule is O=C(O)c1c(OC2CCCCC2)c2c(Cl)c(Cl)ccc2n1-c1ccccc1. The summed E-state index contributed by atoms with van der Waals surface area (Å²) in [7, 11) is 0. The van der Waals surface area contributed by atoms with Crippen LogP contribution in [0.4, 0.5) is 0 Å². The summed E-state index contributed by atoms with van der Waals surface area (Å²) < 4.78 is 7.93. The standard InChI is InChI=1S/C21H19Cl2NO3/c22-15-11-12-16-17(18(15)23)20(27-14-9-5-2-6-10-14)19(21(25)26)24(16)13-7-3-1-4-8-13/h1,3-4,7-8,11-12,14H,2,5-6,9-10H2,(H,25,26). The molecule has 0 atom stereocenters. The molecule has 0 aliphatic heterocycles. The van der Waals surface area contributed by atoms with E-state index in [0.717, 1.165) is 31.4 Å². The molecule has 0 unspecified atom stereocenters. The fraction of sp³-hybridized carbons (Fsp3) is 0.286. The predicted octanol–water partition coefficient (Wildman–Crippen LogP) is 6.35. The van der Waals surface area contributed by atoms with E-state index in [2.05, 4.69) is 0 Å². The van der Waals surface area contributed by atoms with E-state index >= 15 is 0 Å². The Morgan fingerprint density at radius 1 is 1.04 bits per heavy atom. The van der Waals surface area contributed by atoms with Gasteiger partial charge in [-0.05, 0) is 49.9 Å². The first-order valence-corrected chi connectivity index (χ1v) is 9.81. The molecule has 6 heteroatoms. The third-order valence-electron chi connectivity index (χ3n) is 5.03. The molecule has 1 heterocycles. The molecule has 2 aromatic carbocycles. The van der Waals surface area contributed by atoms with Crippen LogP contribution in [0.3, 0.4) is 0 Å². The van der Waals surface area contributed by atoms with Gasteiger partial charge >= 0.3 is 5.97 Å². The number of para-hydroxylation sites is 1. The molecule has 0 radical (unpaired) electrons. The number of carbonyl (C=O) groups is 1. The second kappa shape index (κ2) is 7.45. The number of halogens is 2. The van der Waals surface area contributed by atoms with Gasteiger partial charge in [0.2, 0.25) is 0 Å². The summed E-state index contributed by atoms with van der Waals surface area (Å²) in [6.45, 7) is 0. The maximum Gasteiger partial charge on any atom is 0.356 e. The van der Waals surface area contributed by atoms with Gasteiger partial charge in [-0.1, -0.05) is 47.8 Å². The largest absolute Gasteiger partial charge is 0.487 e. The van der Waals surface area contributed by atoms with E-state index in [1.54, 1.807) is 16.7 Å². The number of aromatic carboxylic acids is 1. The molecule has 140 valence electrons. The molecule has 1 aliphatic carbocycles. The zero-order chi connectivity index (χ0) is 19.0. The van der Waals surface area contributed by atoms with E-state index < -0.39 is 5.97 Å². The first-order valence-electron chi connectivity index (χ1n) is 9.05. The van der Waals surface area contributed by atoms with Crippen molar-refractivity contribution in [2.75, 3.05) is 0 Å². The molecule has 1 aromatic heterocycles. The number of hydrogen-bond donors (Lipinski definition) is 1. The molecular weight excluding hydrogens is 385 g/mol. The first-order chi connectivity index (χ1) is 13.1. The Morgan fingerprint density at radius 2 is 1.74 bits per heavy atom. The van der Waals surface area contributed by atoms with Crippen LogP contribution in [-0.4, -0.2) is 21.7 Å². The van der Waals surface area contributed by atoms with Gasteiger partial charge < -0.3 is 14.4 Å². The van der Waals surface area contributed by atoms with Crippen molar-refractivity contribution in [3.05, 3.63) is 58.2 Å². The zero-order valence-electron chi connectivity index (χ0n) is 14.6. The molecule has 27 heavy (non-hydrogen) atoms. The average Bonchev–Trinajstić information content (AvgIpc) is 3.01. The van der Waals surface area contributed by atoms with E-state index in [0.29, 0.717) is 26.7 Å². The quantitative estimate of drug-likeness (QED) is 0.552. The third kappa shape index (κ3) is 3.28. The molecule has 0 spiro atoms. The molecule has 0 saturated heterocycles. The monoisotopic (exact) mass is 403 g/mol. The van der Waals surface area contributed by atoms with Gasteiger partial charge in [-0.15, -0.1) is 0 Å². The van der Waals surface area contributed by atoms with E-state index in [4.69, 9.17) is 27.9 Å². The summed E-state index contributed by atoms with van der Waals surface area (Å²) >= 11 is 12.8. The minimum absolute atomic E-state index is 0.0123. The maximum absolute atomic E-state index is 12.2. The number of carboxylic acids is 1. The fourth-order valence-electron chi connectivity index (χ4n) is 3.79. The highest BCUT2D eigenvalue weighted by atomic mass is 35.5. The van der Waals surface area contributed by atoms with Crippen molar-refractivity contribution in [1.29, 1.82) is 0 Å². The van der Waals surface area contributed by atoms with Gasteiger partial charge in [-0.2, -0.15) is 0 Å². The number of benzene rings is 2. The van der Waals surface area contributed by atoms with Gasteiger partial charge in [-0.25, -0.2) is 4.79 Å². The Labute approximate surface area is 167 Å². The highest BCUT2D eigenvalue weighted by Gasteiger charge is 2.29. The van der Waals surface area contributed by atoms with Gasteiger partial charge in [0, 0.05) is 5.69 Å². The van der Waals surface area contributed by atoms with Crippen LogP contribution >= 0.6 is 23.2 Å². The minimum Gasteiger partial charge on any atom is -0.487 e. The molecule has 4 rings (SSSR count). The van der Waals surface area contributed by atoms with E-state index in [9.17, 15) is 9.90 Å². The highest BCUT2D eigenvalue weighted by Crippen LogP contribution is 2.43. The van der Waals surface area contributed by atoms with Crippen LogP contribution in [0.1, 0.15) is 42.6 Å². The normalized spacial score (nSPS) is 15.2. The number of ether oxygens (including phenoxy) is 1. The van der Waals surface area contributed by atoms with Crippen LogP contribution in [-0.2, 0) is 0 Å². The second-order valence-electron chi connectivity index (χ2n) is 6.79. The van der Waals surface area contributed by atoms with Gasteiger partial charge in [-0.3, -0.25) is 0 Å². The predicted molar refractivity (Wildman–Crippen MR) is 108 cm³/mol. The fourth-order valence-corrected chi connectivity index (χ4v) is 4.19. The van der Waals surface area contributed by atoms with Crippen LogP contribution in [0.2, 0.25) is 10.0 Å². The van der Waals surface area contributed by atoms with Crippen molar-refractivity contribution in [3.63, 3.8) is 0 Å². The maximum atomic E-state index is 12.2. The lowest BCUT2D eigenvalue weighted by Gasteiger charge is -2.23. The highest BCUT2D eigenvalue weighted by molar-refractivity contribution is 6.45. The summed E-state index contributed by atoms with van der Waals surface area (Å²) in [5.74, 6) is -0.756. The Bertz CT molecular complexity index is 992. The Morgan fingerprint density at radius 3 is 2.41 bits per heavy atom. The van der Waals surface area contributed by atoms with Gasteiger partial charge in [0.15, 0.2) is 11.4 Å². The molecular formula is C21H19Cl2NO3. The van der Waals surface area contributed by atoms with Gasteiger partial charge in [0.05, 0.1) is 27.1 Å². The van der Waals surface area contributed by atoms with Crippen LogP contribution in [0.15, 0.2) is 42.5 Å². The van der Waals surface area contributed by atoms with Crippen LogP contribution in [0.25, 0.3) is 16.6 Å². The number of fused-ring (bicyclic) bond motifs is 1. The molecule has 4 nitrogen and oxygen atoms in total. The molecule has 0 amide bonds. The Balaban J connectivity index is 2.00. The summed E-state index contributed by atoms with van der Waals surface area (Å²) in [4.78, 5) is 12.2. The van der Waals surface area contributed by atoms with Crippen molar-refractivity contribution < 1.29 is 14.6 Å². The van der Waals surface area contributed by atoms with Crippen LogP contribution in [0.5, 0.6) is 5.75 Å². The number of nitrogens with zero attached hydrogens (tertiary/aromatic N) is 1. The van der Waals surface area contributed by atoms with Crippen molar-refractivity contribution in [2.24, 2.45) is 0 Å². The second-order valence-corrected chi connectivity index (χ2v) is 7.57. The summed E-state index contributed by atoms with van der Waals surface area (Å²) in [5, 5.41) is 11.3. The Hall–Kier alpha value is -2.17.